The molecule has 1 aromatic rings. The number of carbonyl (C=O) groups excluding carboxylic acids is 3. The standard InChI is InChI=1S/C21H28ClN3O4S/c22-18-7-6-16(12-17(18)21(28)24-15-4-2-1-3-5-15)23-19(26)13-30-14-20(27)25-8-10-29-11-9-25/h6-7,12,15H,1-5,8-11,13-14H2,(H,23,26)(H,24,28). The molecule has 9 heteroatoms. The summed E-state index contributed by atoms with van der Waals surface area (Å²) in [7, 11) is 0. The number of anilines is 1. The number of nitrogens with one attached hydrogen (secondary N) is 2. The van der Waals surface area contributed by atoms with E-state index in [2.05, 4.69) is 10.6 Å². The van der Waals surface area contributed by atoms with Crippen molar-refractivity contribution in [2.45, 2.75) is 38.1 Å². The molecule has 1 aromatic carbocycles. The van der Waals surface area contributed by atoms with Crippen LogP contribution in [0.15, 0.2) is 18.2 Å². The molecular formula is C21H28ClN3O4S. The van der Waals surface area contributed by atoms with Gasteiger partial charge < -0.3 is 20.3 Å². The van der Waals surface area contributed by atoms with Gasteiger partial charge in [0.1, 0.15) is 0 Å². The van der Waals surface area contributed by atoms with Crippen LogP contribution in [-0.2, 0) is 14.3 Å². The maximum absolute atomic E-state index is 12.6. The molecule has 2 aliphatic rings. The Kier molecular flexibility index (Phi) is 8.84. The summed E-state index contributed by atoms with van der Waals surface area (Å²) < 4.78 is 5.23. The largest absolute Gasteiger partial charge is 0.378 e. The van der Waals surface area contributed by atoms with Crippen LogP contribution >= 0.6 is 23.4 Å². The molecule has 0 atom stereocenters. The number of thioether (sulfide) groups is 1. The Labute approximate surface area is 186 Å². The lowest BCUT2D eigenvalue weighted by Gasteiger charge is -2.26. The molecule has 2 N–H and O–H groups in total. The number of hydrogen-bond donors (Lipinski definition) is 2. The van der Waals surface area contributed by atoms with Gasteiger partial charge in [0, 0.05) is 24.8 Å². The number of rotatable bonds is 7. The molecule has 2 fully saturated rings. The van der Waals surface area contributed by atoms with Gasteiger partial charge in [-0.25, -0.2) is 0 Å². The Bertz CT molecular complexity index is 765. The van der Waals surface area contributed by atoms with Crippen molar-refractivity contribution in [3.63, 3.8) is 0 Å². The Morgan fingerprint density at radius 1 is 1.10 bits per heavy atom. The Morgan fingerprint density at radius 2 is 1.83 bits per heavy atom. The highest BCUT2D eigenvalue weighted by Crippen LogP contribution is 2.23. The van der Waals surface area contributed by atoms with Gasteiger partial charge in [-0.15, -0.1) is 11.8 Å². The molecule has 1 saturated carbocycles. The van der Waals surface area contributed by atoms with Crippen LogP contribution in [0.4, 0.5) is 5.69 Å². The number of benzene rings is 1. The summed E-state index contributed by atoms with van der Waals surface area (Å²) in [5.74, 6) is -0.0146. The second-order valence-electron chi connectivity index (χ2n) is 7.54. The van der Waals surface area contributed by atoms with Crippen LogP contribution in [0.2, 0.25) is 5.02 Å². The first-order chi connectivity index (χ1) is 14.5. The highest BCUT2D eigenvalue weighted by molar-refractivity contribution is 8.00. The van der Waals surface area contributed by atoms with Gasteiger partial charge in [0.25, 0.3) is 5.91 Å². The number of morpholine rings is 1. The first-order valence-electron chi connectivity index (χ1n) is 10.4. The average Bonchev–Trinajstić information content (AvgIpc) is 2.76. The Morgan fingerprint density at radius 3 is 2.57 bits per heavy atom. The van der Waals surface area contributed by atoms with Gasteiger partial charge in [-0.05, 0) is 31.0 Å². The van der Waals surface area contributed by atoms with E-state index in [1.54, 1.807) is 23.1 Å². The summed E-state index contributed by atoms with van der Waals surface area (Å²) in [6.45, 7) is 2.32. The van der Waals surface area contributed by atoms with Crippen molar-refractivity contribution in [3.05, 3.63) is 28.8 Å². The number of nitrogens with zero attached hydrogens (tertiary/aromatic N) is 1. The molecule has 0 spiro atoms. The fourth-order valence-electron chi connectivity index (χ4n) is 3.62. The van der Waals surface area contributed by atoms with Gasteiger partial charge in [0.05, 0.1) is 35.3 Å². The molecule has 30 heavy (non-hydrogen) atoms. The van der Waals surface area contributed by atoms with Crippen molar-refractivity contribution in [1.29, 1.82) is 0 Å². The monoisotopic (exact) mass is 453 g/mol. The van der Waals surface area contributed by atoms with Crippen molar-refractivity contribution in [2.75, 3.05) is 43.1 Å². The summed E-state index contributed by atoms with van der Waals surface area (Å²) in [6, 6.07) is 5.06. The third-order valence-electron chi connectivity index (χ3n) is 5.26. The van der Waals surface area contributed by atoms with Gasteiger partial charge in [-0.1, -0.05) is 30.9 Å². The number of carbonyl (C=O) groups is 3. The van der Waals surface area contributed by atoms with E-state index in [0.717, 1.165) is 25.7 Å². The predicted molar refractivity (Wildman–Crippen MR) is 119 cm³/mol. The lowest BCUT2D eigenvalue weighted by molar-refractivity contribution is -0.132. The van der Waals surface area contributed by atoms with Crippen molar-refractivity contribution >= 4 is 46.8 Å². The van der Waals surface area contributed by atoms with Crippen molar-refractivity contribution in [3.8, 4) is 0 Å². The lowest BCUT2D eigenvalue weighted by atomic mass is 9.95. The lowest BCUT2D eigenvalue weighted by Crippen LogP contribution is -2.41. The number of hydrogen-bond acceptors (Lipinski definition) is 5. The first kappa shape index (κ1) is 22.9. The summed E-state index contributed by atoms with van der Waals surface area (Å²) in [5, 5.41) is 6.17. The van der Waals surface area contributed by atoms with Crippen LogP contribution < -0.4 is 10.6 Å². The minimum Gasteiger partial charge on any atom is -0.378 e. The van der Waals surface area contributed by atoms with Gasteiger partial charge in [0.15, 0.2) is 0 Å². The molecule has 1 saturated heterocycles. The van der Waals surface area contributed by atoms with Crippen molar-refractivity contribution in [1.82, 2.24) is 10.2 Å². The highest BCUT2D eigenvalue weighted by Gasteiger charge is 2.20. The van der Waals surface area contributed by atoms with Crippen LogP contribution in [0.5, 0.6) is 0 Å². The molecule has 0 radical (unpaired) electrons. The Hall–Kier alpha value is -1.77. The molecular weight excluding hydrogens is 426 g/mol. The summed E-state index contributed by atoms with van der Waals surface area (Å²) in [5.41, 5.74) is 0.869. The van der Waals surface area contributed by atoms with E-state index in [1.807, 2.05) is 0 Å². The zero-order valence-electron chi connectivity index (χ0n) is 17.0. The van der Waals surface area contributed by atoms with E-state index in [0.29, 0.717) is 42.6 Å². The molecule has 1 heterocycles. The first-order valence-corrected chi connectivity index (χ1v) is 11.9. The zero-order chi connectivity index (χ0) is 21.3. The van der Waals surface area contributed by atoms with Gasteiger partial charge >= 0.3 is 0 Å². The maximum atomic E-state index is 12.6. The third kappa shape index (κ3) is 6.89. The van der Waals surface area contributed by atoms with E-state index in [-0.39, 0.29) is 35.3 Å². The van der Waals surface area contributed by atoms with E-state index >= 15 is 0 Å². The number of amides is 3. The second kappa shape index (κ2) is 11.6. The molecule has 1 aliphatic heterocycles. The topological polar surface area (TPSA) is 87.7 Å². The molecule has 7 nitrogen and oxygen atoms in total. The quantitative estimate of drug-likeness (QED) is 0.662. The Balaban J connectivity index is 1.47. The van der Waals surface area contributed by atoms with Crippen LogP contribution in [0.25, 0.3) is 0 Å². The fraction of sp³-hybridized carbons (Fsp3) is 0.571. The number of halogens is 1. The van der Waals surface area contributed by atoms with E-state index in [9.17, 15) is 14.4 Å². The molecule has 3 rings (SSSR count). The smallest absolute Gasteiger partial charge is 0.253 e. The van der Waals surface area contributed by atoms with Crippen LogP contribution in [0, 0.1) is 0 Å². The molecule has 0 bridgehead atoms. The van der Waals surface area contributed by atoms with Crippen LogP contribution in [0.1, 0.15) is 42.5 Å². The third-order valence-corrected chi connectivity index (χ3v) is 6.50. The normalized spacial score (nSPS) is 17.4. The van der Waals surface area contributed by atoms with Crippen molar-refractivity contribution in [2.24, 2.45) is 0 Å². The molecule has 0 unspecified atom stereocenters. The summed E-state index contributed by atoms with van der Waals surface area (Å²) in [4.78, 5) is 38.7. The van der Waals surface area contributed by atoms with Crippen LogP contribution in [-0.4, -0.2) is 66.5 Å². The molecule has 3 amide bonds. The predicted octanol–water partition coefficient (Wildman–Crippen LogP) is 2.93. The van der Waals surface area contributed by atoms with Crippen LogP contribution in [0.3, 0.4) is 0 Å². The zero-order valence-corrected chi connectivity index (χ0v) is 18.5. The van der Waals surface area contributed by atoms with Gasteiger partial charge in [-0.3, -0.25) is 14.4 Å². The second-order valence-corrected chi connectivity index (χ2v) is 8.93. The molecule has 1 aliphatic carbocycles. The highest BCUT2D eigenvalue weighted by atomic mass is 35.5. The average molecular weight is 454 g/mol. The van der Waals surface area contributed by atoms with Crippen molar-refractivity contribution < 1.29 is 19.1 Å². The summed E-state index contributed by atoms with van der Waals surface area (Å²) >= 11 is 7.48. The number of ether oxygens (including phenoxy) is 1. The SMILES string of the molecule is O=C(CSCC(=O)N1CCOCC1)Nc1ccc(Cl)c(C(=O)NC2CCCCC2)c1. The summed E-state index contributed by atoms with van der Waals surface area (Å²) in [6.07, 6.45) is 5.44. The fourth-order valence-corrected chi connectivity index (χ4v) is 4.54. The maximum Gasteiger partial charge on any atom is 0.253 e. The minimum absolute atomic E-state index is 0.0178. The molecule has 0 aromatic heterocycles. The van der Waals surface area contributed by atoms with E-state index in [4.69, 9.17) is 16.3 Å². The molecule has 164 valence electrons. The van der Waals surface area contributed by atoms with E-state index < -0.39 is 0 Å². The van der Waals surface area contributed by atoms with Gasteiger partial charge in [0.2, 0.25) is 11.8 Å². The minimum atomic E-state index is -0.226. The van der Waals surface area contributed by atoms with Gasteiger partial charge in [-0.2, -0.15) is 0 Å². The van der Waals surface area contributed by atoms with E-state index in [1.165, 1.54) is 18.2 Å².